The third-order valence-electron chi connectivity index (χ3n) is 11.1. The Kier molecular flexibility index (Phi) is 9.95. The number of para-hydroxylation sites is 1. The van der Waals surface area contributed by atoms with Crippen LogP contribution in [0.1, 0.15) is 60.8 Å². The number of ether oxygens (including phenoxy) is 1. The number of likely N-dealkylation sites (tertiary alicyclic amines) is 2. The van der Waals surface area contributed by atoms with Crippen molar-refractivity contribution in [1.29, 1.82) is 0 Å². The lowest BCUT2D eigenvalue weighted by atomic mass is 9.89. The number of hydrogen-bond donors (Lipinski definition) is 2. The van der Waals surface area contributed by atoms with Gasteiger partial charge in [-0.3, -0.25) is 9.69 Å². The fourth-order valence-corrected chi connectivity index (χ4v) is 8.30. The van der Waals surface area contributed by atoms with E-state index >= 15 is 0 Å². The first-order valence-electron chi connectivity index (χ1n) is 18.0. The van der Waals surface area contributed by atoms with E-state index in [9.17, 15) is 14.4 Å². The molecule has 0 spiro atoms. The van der Waals surface area contributed by atoms with Gasteiger partial charge in [-0.25, -0.2) is 9.59 Å². The van der Waals surface area contributed by atoms with Crippen LogP contribution in [0.2, 0.25) is 0 Å². The molecule has 3 fully saturated rings. The van der Waals surface area contributed by atoms with Crippen LogP contribution in [0.25, 0.3) is 0 Å². The number of amides is 4. The van der Waals surface area contributed by atoms with E-state index in [4.69, 9.17) is 4.74 Å². The molecule has 1 atom stereocenters. The number of piperidine rings is 2. The highest BCUT2D eigenvalue weighted by atomic mass is 16.6. The molecule has 4 aliphatic heterocycles. The fraction of sp³-hybridized carbons (Fsp3) is 0.595. The normalized spacial score (nSPS) is 22.1. The predicted octanol–water partition coefficient (Wildman–Crippen LogP) is 4.06. The molecule has 2 aromatic rings. The lowest BCUT2D eigenvalue weighted by molar-refractivity contribution is -0.142. The van der Waals surface area contributed by atoms with Crippen LogP contribution in [0.3, 0.4) is 0 Å². The Labute approximate surface area is 278 Å². The number of piperazine rings is 1. The number of anilines is 1. The minimum atomic E-state index is -0.854. The number of rotatable bonds is 6. The molecule has 0 radical (unpaired) electrons. The van der Waals surface area contributed by atoms with Crippen molar-refractivity contribution in [1.82, 2.24) is 24.9 Å². The zero-order chi connectivity index (χ0) is 32.2. The Balaban J connectivity index is 0.987. The van der Waals surface area contributed by atoms with Crippen molar-refractivity contribution < 1.29 is 19.1 Å². The molecular formula is C37H50N6O4. The van der Waals surface area contributed by atoms with E-state index in [0.717, 1.165) is 75.1 Å². The molecular weight excluding hydrogens is 592 g/mol. The lowest BCUT2D eigenvalue weighted by Gasteiger charge is -2.41. The highest BCUT2D eigenvalue weighted by molar-refractivity contribution is 5.91. The summed E-state index contributed by atoms with van der Waals surface area (Å²) in [7, 11) is 0. The van der Waals surface area contributed by atoms with Crippen molar-refractivity contribution >= 4 is 23.7 Å². The zero-order valence-corrected chi connectivity index (χ0v) is 27.6. The van der Waals surface area contributed by atoms with Crippen molar-refractivity contribution in [3.05, 3.63) is 64.7 Å². The van der Waals surface area contributed by atoms with Crippen molar-refractivity contribution in [3.63, 3.8) is 0 Å². The van der Waals surface area contributed by atoms with Gasteiger partial charge in [0.2, 0.25) is 0 Å². The first kappa shape index (κ1) is 31.9. The molecule has 7 rings (SSSR count). The van der Waals surface area contributed by atoms with Crippen LogP contribution in [-0.4, -0.2) is 115 Å². The monoisotopic (exact) mass is 642 g/mol. The van der Waals surface area contributed by atoms with Crippen LogP contribution in [0.15, 0.2) is 42.5 Å². The van der Waals surface area contributed by atoms with Gasteiger partial charge in [-0.15, -0.1) is 0 Å². The molecule has 10 heteroatoms. The molecule has 10 nitrogen and oxygen atoms in total. The van der Waals surface area contributed by atoms with Crippen molar-refractivity contribution in [2.45, 2.75) is 82.4 Å². The van der Waals surface area contributed by atoms with E-state index in [1.54, 1.807) is 4.90 Å². The Bertz CT molecular complexity index is 1430. The maximum Gasteiger partial charge on any atom is 0.410 e. The summed E-state index contributed by atoms with van der Waals surface area (Å²) in [6.45, 7) is 7.20. The zero-order valence-electron chi connectivity index (χ0n) is 27.6. The van der Waals surface area contributed by atoms with Crippen molar-refractivity contribution in [3.8, 4) is 0 Å². The van der Waals surface area contributed by atoms with Gasteiger partial charge in [0.15, 0.2) is 6.10 Å². The molecule has 47 heavy (non-hydrogen) atoms. The number of carbonyl (C=O) groups is 3. The van der Waals surface area contributed by atoms with Gasteiger partial charge in [-0.2, -0.15) is 0 Å². The number of urea groups is 1. The Morgan fingerprint density at radius 1 is 0.766 bits per heavy atom. The van der Waals surface area contributed by atoms with E-state index in [-0.39, 0.29) is 18.0 Å². The topological polar surface area (TPSA) is 97.5 Å². The summed E-state index contributed by atoms with van der Waals surface area (Å²) in [5.74, 6) is -0.0782. The van der Waals surface area contributed by atoms with Crippen molar-refractivity contribution in [2.24, 2.45) is 0 Å². The highest BCUT2D eigenvalue weighted by Gasteiger charge is 2.36. The standard InChI is InChI=1S/C37H50N6O4/c44-35(41-18-12-31(13-19-41)40-23-16-38-17-24-40)34(26-27-9-10-28-5-1-2-7-30(28)25-27)47-37(46)42-20-14-32(15-21-42)43-22-11-29-6-3-4-8-33(29)39-36(43)45/h3-4,6,8-10,25,31-32,34,38H,1-2,5,7,11-24,26H2,(H,39,45)/t34-/m1/s1. The molecule has 4 heterocycles. The number of nitrogens with zero attached hydrogens (tertiary/aromatic N) is 4. The summed E-state index contributed by atoms with van der Waals surface area (Å²) in [5.41, 5.74) is 5.85. The second-order valence-electron chi connectivity index (χ2n) is 14.0. The van der Waals surface area contributed by atoms with Gasteiger partial charge in [0.25, 0.3) is 5.91 Å². The Morgan fingerprint density at radius 2 is 1.47 bits per heavy atom. The minimum absolute atomic E-state index is 0.0540. The van der Waals surface area contributed by atoms with Crippen LogP contribution in [0, 0.1) is 0 Å². The van der Waals surface area contributed by atoms with E-state index in [1.807, 2.05) is 28.0 Å². The quantitative estimate of drug-likeness (QED) is 0.494. The largest absolute Gasteiger partial charge is 0.436 e. The summed E-state index contributed by atoms with van der Waals surface area (Å²) >= 11 is 0. The van der Waals surface area contributed by atoms with Crippen LogP contribution < -0.4 is 10.6 Å². The molecule has 252 valence electrons. The van der Waals surface area contributed by atoms with E-state index in [0.29, 0.717) is 58.0 Å². The molecule has 0 bridgehead atoms. The SMILES string of the molecule is O=C(O[C@H](Cc1ccc2c(c1)CCCC2)C(=O)N1CCC(N2CCNCC2)CC1)N1CCC(N2CCc3ccccc3NC2=O)CC1. The summed E-state index contributed by atoms with van der Waals surface area (Å²) in [5, 5.41) is 6.50. The van der Waals surface area contributed by atoms with Gasteiger partial charge in [0.05, 0.1) is 0 Å². The van der Waals surface area contributed by atoms with Crippen molar-refractivity contribution in [2.75, 3.05) is 64.2 Å². The van der Waals surface area contributed by atoms with E-state index in [1.165, 1.54) is 24.0 Å². The van der Waals surface area contributed by atoms with Gasteiger partial charge < -0.3 is 30.1 Å². The van der Waals surface area contributed by atoms with E-state index in [2.05, 4.69) is 39.8 Å². The smallest absolute Gasteiger partial charge is 0.410 e. The molecule has 4 amide bonds. The van der Waals surface area contributed by atoms with Gasteiger partial charge in [0, 0.05) is 83.1 Å². The summed E-state index contributed by atoms with van der Waals surface area (Å²) in [6.07, 6.45) is 7.77. The molecule has 3 saturated heterocycles. The highest BCUT2D eigenvalue weighted by Crippen LogP contribution is 2.27. The number of carbonyl (C=O) groups excluding carboxylic acids is 3. The van der Waals surface area contributed by atoms with Crippen LogP contribution >= 0.6 is 0 Å². The number of nitrogens with one attached hydrogen (secondary N) is 2. The maximum absolute atomic E-state index is 14.1. The molecule has 1 aliphatic carbocycles. The summed E-state index contributed by atoms with van der Waals surface area (Å²) in [6, 6.07) is 15.0. The Morgan fingerprint density at radius 3 is 2.26 bits per heavy atom. The third-order valence-corrected chi connectivity index (χ3v) is 11.1. The van der Waals surface area contributed by atoms with Gasteiger partial charge in [0.1, 0.15) is 0 Å². The van der Waals surface area contributed by atoms with Crippen LogP contribution in [-0.2, 0) is 35.2 Å². The molecule has 2 aromatic carbocycles. The van der Waals surface area contributed by atoms with Gasteiger partial charge in [-0.05, 0) is 86.1 Å². The predicted molar refractivity (Wildman–Crippen MR) is 182 cm³/mol. The average Bonchev–Trinajstić information content (AvgIpc) is 3.29. The van der Waals surface area contributed by atoms with E-state index < -0.39 is 12.2 Å². The van der Waals surface area contributed by atoms with Gasteiger partial charge >= 0.3 is 12.1 Å². The number of aryl methyl sites for hydroxylation is 2. The second kappa shape index (κ2) is 14.6. The summed E-state index contributed by atoms with van der Waals surface area (Å²) in [4.78, 5) is 49.0. The summed E-state index contributed by atoms with van der Waals surface area (Å²) < 4.78 is 6.14. The third kappa shape index (κ3) is 7.44. The average molecular weight is 643 g/mol. The van der Waals surface area contributed by atoms with Gasteiger partial charge in [-0.1, -0.05) is 36.4 Å². The number of fused-ring (bicyclic) bond motifs is 2. The molecule has 0 unspecified atom stereocenters. The molecule has 5 aliphatic rings. The number of hydrogen-bond acceptors (Lipinski definition) is 6. The fourth-order valence-electron chi connectivity index (χ4n) is 8.30. The minimum Gasteiger partial charge on any atom is -0.436 e. The van der Waals surface area contributed by atoms with Crippen LogP contribution in [0.4, 0.5) is 15.3 Å². The molecule has 2 N–H and O–H groups in total. The van der Waals surface area contributed by atoms with Crippen LogP contribution in [0.5, 0.6) is 0 Å². The Hall–Kier alpha value is -3.63. The molecule has 0 saturated carbocycles. The first-order chi connectivity index (χ1) is 23.0. The lowest BCUT2D eigenvalue weighted by Crippen LogP contribution is -2.54. The first-order valence-corrected chi connectivity index (χ1v) is 18.0. The molecule has 0 aromatic heterocycles. The number of benzene rings is 2. The maximum atomic E-state index is 14.1. The second-order valence-corrected chi connectivity index (χ2v) is 14.0.